The molecule has 0 spiro atoms. The number of aromatic nitrogens is 3. The van der Waals surface area contributed by atoms with Gasteiger partial charge in [0.1, 0.15) is 11.9 Å². The Hall–Kier alpha value is -2.97. The van der Waals surface area contributed by atoms with E-state index in [4.69, 9.17) is 4.74 Å². The molecule has 0 bridgehead atoms. The first-order valence-corrected chi connectivity index (χ1v) is 8.25. The molecule has 1 aliphatic heterocycles. The van der Waals surface area contributed by atoms with Gasteiger partial charge in [-0.15, -0.1) is 10.2 Å². The van der Waals surface area contributed by atoms with Crippen LogP contribution in [0.5, 0.6) is 5.75 Å². The number of halogens is 1. The van der Waals surface area contributed by atoms with E-state index in [1.165, 1.54) is 23.1 Å². The molecule has 1 N–H and O–H groups in total. The van der Waals surface area contributed by atoms with Crippen molar-refractivity contribution in [2.45, 2.75) is 45.5 Å². The maximum atomic E-state index is 13.8. The fourth-order valence-electron chi connectivity index (χ4n) is 2.94. The lowest BCUT2D eigenvalue weighted by Crippen LogP contribution is -2.54. The zero-order valence-electron chi connectivity index (χ0n) is 14.4. The molecule has 1 amide bonds. The molecule has 2 heterocycles. The summed E-state index contributed by atoms with van der Waals surface area (Å²) in [7, 11) is 0. The zero-order valence-corrected chi connectivity index (χ0v) is 14.4. The largest absolute Gasteiger partial charge is 0.480 e. The lowest BCUT2D eigenvalue weighted by atomic mass is 10.1. The molecule has 0 saturated carbocycles. The summed E-state index contributed by atoms with van der Waals surface area (Å²) >= 11 is 0. The van der Waals surface area contributed by atoms with Crippen LogP contribution >= 0.6 is 0 Å². The van der Waals surface area contributed by atoms with Crippen molar-refractivity contribution in [3.63, 3.8) is 0 Å². The van der Waals surface area contributed by atoms with Gasteiger partial charge < -0.3 is 19.3 Å². The number of benzene rings is 1. The highest BCUT2D eigenvalue weighted by Gasteiger charge is 2.39. The van der Waals surface area contributed by atoms with Gasteiger partial charge in [0.15, 0.2) is 23.5 Å². The SMILES string of the molecule is CCC(Oc1ccccc1F)C(=O)N1Cc2nnc(C)n2CC1C(=O)O. The summed E-state index contributed by atoms with van der Waals surface area (Å²) < 4.78 is 21.0. The number of amides is 1. The predicted molar refractivity (Wildman–Crippen MR) is 87.8 cm³/mol. The van der Waals surface area contributed by atoms with E-state index in [1.807, 2.05) is 0 Å². The number of ether oxygens (including phenoxy) is 1. The normalized spacial score (nSPS) is 17.5. The Kier molecular flexibility index (Phi) is 4.88. The van der Waals surface area contributed by atoms with Crippen LogP contribution in [0.2, 0.25) is 0 Å². The number of fused-ring (bicyclic) bond motifs is 1. The molecule has 0 radical (unpaired) electrons. The molecule has 8 nitrogen and oxygen atoms in total. The van der Waals surface area contributed by atoms with Gasteiger partial charge in [0.05, 0.1) is 13.1 Å². The van der Waals surface area contributed by atoms with Crippen LogP contribution < -0.4 is 4.74 Å². The minimum atomic E-state index is -1.13. The van der Waals surface area contributed by atoms with Crippen LogP contribution in [0.1, 0.15) is 25.0 Å². The smallest absolute Gasteiger partial charge is 0.328 e. The molecule has 138 valence electrons. The number of carbonyl (C=O) groups is 2. The molecule has 1 aromatic heterocycles. The second-order valence-corrected chi connectivity index (χ2v) is 6.04. The molecule has 1 aromatic carbocycles. The molecule has 2 atom stereocenters. The Morgan fingerprint density at radius 2 is 2.12 bits per heavy atom. The van der Waals surface area contributed by atoms with E-state index in [1.54, 1.807) is 24.5 Å². The van der Waals surface area contributed by atoms with Gasteiger partial charge in [0.2, 0.25) is 0 Å². The molecule has 0 saturated heterocycles. The number of carbonyl (C=O) groups excluding carboxylic acids is 1. The summed E-state index contributed by atoms with van der Waals surface area (Å²) in [6, 6.07) is 4.71. The van der Waals surface area contributed by atoms with Crippen LogP contribution in [0.15, 0.2) is 24.3 Å². The zero-order chi connectivity index (χ0) is 18.8. The number of carboxylic acids is 1. The monoisotopic (exact) mass is 362 g/mol. The van der Waals surface area contributed by atoms with Crippen molar-refractivity contribution in [3.05, 3.63) is 41.7 Å². The molecule has 2 unspecified atom stereocenters. The minimum Gasteiger partial charge on any atom is -0.480 e. The summed E-state index contributed by atoms with van der Waals surface area (Å²) in [5.41, 5.74) is 0. The number of hydrogen-bond acceptors (Lipinski definition) is 5. The van der Waals surface area contributed by atoms with E-state index < -0.39 is 29.8 Å². The Bertz CT molecular complexity index is 838. The molecule has 0 fully saturated rings. The first kappa shape index (κ1) is 17.8. The van der Waals surface area contributed by atoms with E-state index in [0.29, 0.717) is 11.6 Å². The molecule has 1 aliphatic rings. The summed E-state index contributed by atoms with van der Waals surface area (Å²) in [6.07, 6.45) is -0.730. The number of rotatable bonds is 5. The van der Waals surface area contributed by atoms with Crippen LogP contribution in [-0.2, 0) is 22.7 Å². The van der Waals surface area contributed by atoms with E-state index >= 15 is 0 Å². The van der Waals surface area contributed by atoms with Crippen LogP contribution in [0.4, 0.5) is 4.39 Å². The average molecular weight is 362 g/mol. The van der Waals surface area contributed by atoms with E-state index in [-0.39, 0.29) is 25.3 Å². The van der Waals surface area contributed by atoms with Crippen molar-refractivity contribution in [1.29, 1.82) is 0 Å². The summed E-state index contributed by atoms with van der Waals surface area (Å²) in [6.45, 7) is 3.51. The Morgan fingerprint density at radius 1 is 1.38 bits per heavy atom. The third kappa shape index (κ3) is 3.24. The summed E-state index contributed by atoms with van der Waals surface area (Å²) in [5.74, 6) is -1.17. The molecule has 9 heteroatoms. The fraction of sp³-hybridized carbons (Fsp3) is 0.412. The quantitative estimate of drug-likeness (QED) is 0.863. The van der Waals surface area contributed by atoms with Gasteiger partial charge in [-0.25, -0.2) is 9.18 Å². The first-order chi connectivity index (χ1) is 12.4. The molecular weight excluding hydrogens is 343 g/mol. The van der Waals surface area contributed by atoms with Gasteiger partial charge in [-0.2, -0.15) is 0 Å². The van der Waals surface area contributed by atoms with Crippen molar-refractivity contribution in [2.24, 2.45) is 0 Å². The van der Waals surface area contributed by atoms with Crippen molar-refractivity contribution in [3.8, 4) is 5.75 Å². The van der Waals surface area contributed by atoms with Gasteiger partial charge in [-0.1, -0.05) is 19.1 Å². The third-order valence-corrected chi connectivity index (χ3v) is 4.38. The molecule has 3 rings (SSSR count). The number of hydrogen-bond donors (Lipinski definition) is 1. The number of carboxylic acid groups (broad SMARTS) is 1. The van der Waals surface area contributed by atoms with E-state index in [0.717, 1.165) is 0 Å². The topological polar surface area (TPSA) is 97.5 Å². The molecule has 2 aromatic rings. The Labute approximate surface area is 149 Å². The maximum Gasteiger partial charge on any atom is 0.328 e. The van der Waals surface area contributed by atoms with Gasteiger partial charge >= 0.3 is 5.97 Å². The Balaban J connectivity index is 1.86. The van der Waals surface area contributed by atoms with Crippen LogP contribution in [0, 0.1) is 12.7 Å². The standard InChI is InChI=1S/C17H19FN4O4/c1-3-13(26-14-7-5-4-6-11(14)18)16(23)22-9-15-20-19-10(2)21(15)8-12(22)17(24)25/h4-7,12-13H,3,8-9H2,1-2H3,(H,24,25). The number of para-hydroxylation sites is 1. The number of aliphatic carboxylic acids is 1. The maximum absolute atomic E-state index is 13.8. The van der Waals surface area contributed by atoms with E-state index in [9.17, 15) is 19.1 Å². The van der Waals surface area contributed by atoms with Crippen LogP contribution in [-0.4, -0.2) is 48.8 Å². The fourth-order valence-corrected chi connectivity index (χ4v) is 2.94. The average Bonchev–Trinajstić information content (AvgIpc) is 2.99. The van der Waals surface area contributed by atoms with Crippen molar-refractivity contribution in [2.75, 3.05) is 0 Å². The van der Waals surface area contributed by atoms with E-state index in [2.05, 4.69) is 10.2 Å². The summed E-state index contributed by atoms with van der Waals surface area (Å²) in [5, 5.41) is 17.5. The lowest BCUT2D eigenvalue weighted by Gasteiger charge is -2.35. The second-order valence-electron chi connectivity index (χ2n) is 6.04. The van der Waals surface area contributed by atoms with Crippen molar-refractivity contribution >= 4 is 11.9 Å². The van der Waals surface area contributed by atoms with Crippen LogP contribution in [0.25, 0.3) is 0 Å². The first-order valence-electron chi connectivity index (χ1n) is 8.25. The lowest BCUT2D eigenvalue weighted by molar-refractivity contribution is -0.156. The third-order valence-electron chi connectivity index (χ3n) is 4.38. The number of aryl methyl sites for hydroxylation is 1. The highest BCUT2D eigenvalue weighted by atomic mass is 19.1. The predicted octanol–water partition coefficient (Wildman–Crippen LogP) is 1.38. The van der Waals surface area contributed by atoms with Gasteiger partial charge in [0.25, 0.3) is 5.91 Å². The van der Waals surface area contributed by atoms with Gasteiger partial charge in [0, 0.05) is 0 Å². The van der Waals surface area contributed by atoms with Gasteiger partial charge in [-0.3, -0.25) is 4.79 Å². The highest BCUT2D eigenvalue weighted by molar-refractivity contribution is 5.86. The highest BCUT2D eigenvalue weighted by Crippen LogP contribution is 2.23. The summed E-state index contributed by atoms with van der Waals surface area (Å²) in [4.78, 5) is 25.8. The molecular formula is C17H19FN4O4. The van der Waals surface area contributed by atoms with Crippen molar-refractivity contribution in [1.82, 2.24) is 19.7 Å². The minimum absolute atomic E-state index is 0.00771. The molecule has 26 heavy (non-hydrogen) atoms. The molecule has 0 aliphatic carbocycles. The second kappa shape index (κ2) is 7.11. The Morgan fingerprint density at radius 3 is 2.77 bits per heavy atom. The van der Waals surface area contributed by atoms with Crippen LogP contribution in [0.3, 0.4) is 0 Å². The number of nitrogens with zero attached hydrogens (tertiary/aromatic N) is 4. The van der Waals surface area contributed by atoms with Crippen molar-refractivity contribution < 1.29 is 23.8 Å². The van der Waals surface area contributed by atoms with Gasteiger partial charge in [-0.05, 0) is 25.5 Å².